The number of rotatable bonds is 3. The van der Waals surface area contributed by atoms with E-state index in [1.54, 1.807) is 12.4 Å². The van der Waals surface area contributed by atoms with E-state index in [1.165, 1.54) is 0 Å². The van der Waals surface area contributed by atoms with Gasteiger partial charge in [0.2, 0.25) is 0 Å². The summed E-state index contributed by atoms with van der Waals surface area (Å²) in [5.74, 6) is 0.757. The zero-order valence-electron chi connectivity index (χ0n) is 7.45. The molecule has 12 heavy (non-hydrogen) atoms. The zero-order valence-corrected chi connectivity index (χ0v) is 7.45. The van der Waals surface area contributed by atoms with E-state index in [4.69, 9.17) is 10.5 Å². The highest BCUT2D eigenvalue weighted by atomic mass is 16.5. The smallest absolute Gasteiger partial charge is 0.138 e. The molecule has 0 saturated heterocycles. The molecule has 1 aromatic heterocycles. The van der Waals surface area contributed by atoms with Gasteiger partial charge in [-0.1, -0.05) is 0 Å². The van der Waals surface area contributed by atoms with Gasteiger partial charge in [0.15, 0.2) is 0 Å². The lowest BCUT2D eigenvalue weighted by molar-refractivity contribution is 0.118. The molecular formula is C9H14N2O. The van der Waals surface area contributed by atoms with Gasteiger partial charge >= 0.3 is 0 Å². The predicted octanol–water partition coefficient (Wildman–Crippen LogP) is 1.20. The molecule has 0 spiro atoms. The summed E-state index contributed by atoms with van der Waals surface area (Å²) in [5.41, 5.74) is 5.19. The SMILES string of the molecule is CC(C)(CN)Oc1cccnc1. The monoisotopic (exact) mass is 166 g/mol. The molecule has 0 fully saturated rings. The molecule has 0 amide bonds. The number of hydrogen-bond donors (Lipinski definition) is 1. The molecule has 0 aromatic carbocycles. The van der Waals surface area contributed by atoms with Gasteiger partial charge in [0.25, 0.3) is 0 Å². The molecule has 3 heteroatoms. The third-order valence-electron chi connectivity index (χ3n) is 1.52. The van der Waals surface area contributed by atoms with Gasteiger partial charge in [0, 0.05) is 12.7 Å². The summed E-state index contributed by atoms with van der Waals surface area (Å²) in [6, 6.07) is 3.70. The highest BCUT2D eigenvalue weighted by molar-refractivity contribution is 5.16. The van der Waals surface area contributed by atoms with Crippen molar-refractivity contribution in [1.82, 2.24) is 4.98 Å². The fourth-order valence-electron chi connectivity index (χ4n) is 0.768. The van der Waals surface area contributed by atoms with E-state index in [9.17, 15) is 0 Å². The Bertz CT molecular complexity index is 234. The largest absolute Gasteiger partial charge is 0.485 e. The fourth-order valence-corrected chi connectivity index (χ4v) is 0.768. The molecule has 1 rings (SSSR count). The summed E-state index contributed by atoms with van der Waals surface area (Å²) >= 11 is 0. The van der Waals surface area contributed by atoms with Crippen LogP contribution in [0.3, 0.4) is 0 Å². The van der Waals surface area contributed by atoms with Gasteiger partial charge in [-0.2, -0.15) is 0 Å². The van der Waals surface area contributed by atoms with E-state index in [0.717, 1.165) is 5.75 Å². The second-order valence-corrected chi connectivity index (χ2v) is 3.25. The Morgan fingerprint density at radius 1 is 1.58 bits per heavy atom. The van der Waals surface area contributed by atoms with Crippen LogP contribution in [0.2, 0.25) is 0 Å². The molecule has 1 heterocycles. The Kier molecular flexibility index (Phi) is 2.65. The van der Waals surface area contributed by atoms with E-state index in [-0.39, 0.29) is 5.60 Å². The molecule has 0 unspecified atom stereocenters. The van der Waals surface area contributed by atoms with Crippen LogP contribution in [0.5, 0.6) is 5.75 Å². The number of nitrogens with two attached hydrogens (primary N) is 1. The van der Waals surface area contributed by atoms with E-state index in [2.05, 4.69) is 4.98 Å². The van der Waals surface area contributed by atoms with Crippen molar-refractivity contribution in [3.63, 3.8) is 0 Å². The van der Waals surface area contributed by atoms with Crippen LogP contribution >= 0.6 is 0 Å². The van der Waals surface area contributed by atoms with E-state index in [0.29, 0.717) is 6.54 Å². The lowest BCUT2D eigenvalue weighted by Crippen LogP contribution is -2.37. The van der Waals surface area contributed by atoms with Crippen LogP contribution in [0.25, 0.3) is 0 Å². The Labute approximate surface area is 72.6 Å². The van der Waals surface area contributed by atoms with Crippen LogP contribution in [0, 0.1) is 0 Å². The van der Waals surface area contributed by atoms with Gasteiger partial charge in [0.1, 0.15) is 11.4 Å². The number of pyridine rings is 1. The molecule has 0 aliphatic carbocycles. The molecule has 2 N–H and O–H groups in total. The maximum atomic E-state index is 5.56. The fraction of sp³-hybridized carbons (Fsp3) is 0.444. The second-order valence-electron chi connectivity index (χ2n) is 3.25. The van der Waals surface area contributed by atoms with Crippen molar-refractivity contribution in [2.75, 3.05) is 6.54 Å². The third-order valence-corrected chi connectivity index (χ3v) is 1.52. The normalized spacial score (nSPS) is 11.2. The van der Waals surface area contributed by atoms with Crippen molar-refractivity contribution in [3.05, 3.63) is 24.5 Å². The van der Waals surface area contributed by atoms with Crippen molar-refractivity contribution < 1.29 is 4.74 Å². The average Bonchev–Trinajstić information content (AvgIpc) is 2.06. The van der Waals surface area contributed by atoms with Crippen LogP contribution in [0.4, 0.5) is 0 Å². The van der Waals surface area contributed by atoms with Crippen LogP contribution in [-0.2, 0) is 0 Å². The summed E-state index contributed by atoms with van der Waals surface area (Å²) in [6.07, 6.45) is 3.39. The third kappa shape index (κ3) is 2.51. The van der Waals surface area contributed by atoms with Crippen LogP contribution in [0.15, 0.2) is 24.5 Å². The quantitative estimate of drug-likeness (QED) is 0.734. The molecule has 66 valence electrons. The van der Waals surface area contributed by atoms with Gasteiger partial charge in [-0.3, -0.25) is 4.98 Å². The van der Waals surface area contributed by atoms with E-state index >= 15 is 0 Å². The summed E-state index contributed by atoms with van der Waals surface area (Å²) in [6.45, 7) is 4.38. The minimum Gasteiger partial charge on any atom is -0.485 e. The van der Waals surface area contributed by atoms with Crippen molar-refractivity contribution in [1.29, 1.82) is 0 Å². The Hall–Kier alpha value is -1.09. The maximum Gasteiger partial charge on any atom is 0.138 e. The topological polar surface area (TPSA) is 48.1 Å². The first kappa shape index (κ1) is 9.00. The minimum atomic E-state index is -0.316. The maximum absolute atomic E-state index is 5.56. The zero-order chi connectivity index (χ0) is 9.03. The van der Waals surface area contributed by atoms with Crippen molar-refractivity contribution in [3.8, 4) is 5.75 Å². The Morgan fingerprint density at radius 3 is 2.83 bits per heavy atom. The summed E-state index contributed by atoms with van der Waals surface area (Å²) in [7, 11) is 0. The molecule has 3 nitrogen and oxygen atoms in total. The highest BCUT2D eigenvalue weighted by Crippen LogP contribution is 2.14. The molecule has 0 aliphatic rings. The molecule has 0 bridgehead atoms. The van der Waals surface area contributed by atoms with Crippen LogP contribution in [-0.4, -0.2) is 17.1 Å². The van der Waals surface area contributed by atoms with E-state index < -0.39 is 0 Å². The first-order chi connectivity index (χ1) is 5.64. The Morgan fingerprint density at radius 2 is 2.33 bits per heavy atom. The molecule has 0 atom stereocenters. The first-order valence-electron chi connectivity index (χ1n) is 3.93. The van der Waals surface area contributed by atoms with Gasteiger partial charge in [-0.05, 0) is 26.0 Å². The van der Waals surface area contributed by atoms with Gasteiger partial charge in [0.05, 0.1) is 6.20 Å². The predicted molar refractivity (Wildman–Crippen MR) is 48.0 cm³/mol. The van der Waals surface area contributed by atoms with Gasteiger partial charge in [-0.15, -0.1) is 0 Å². The summed E-state index contributed by atoms with van der Waals surface area (Å²) in [5, 5.41) is 0. The summed E-state index contributed by atoms with van der Waals surface area (Å²) < 4.78 is 5.56. The lowest BCUT2D eigenvalue weighted by atomic mass is 10.1. The second kappa shape index (κ2) is 3.54. The standard InChI is InChI=1S/C9H14N2O/c1-9(2,7-10)12-8-4-3-5-11-6-8/h3-6H,7,10H2,1-2H3. The number of aromatic nitrogens is 1. The van der Waals surface area contributed by atoms with Gasteiger partial charge < -0.3 is 10.5 Å². The molecule has 0 saturated carbocycles. The molecule has 0 radical (unpaired) electrons. The molecular weight excluding hydrogens is 152 g/mol. The Balaban J connectivity index is 2.64. The van der Waals surface area contributed by atoms with Crippen molar-refractivity contribution >= 4 is 0 Å². The molecule has 1 aromatic rings. The minimum absolute atomic E-state index is 0.316. The number of hydrogen-bond acceptors (Lipinski definition) is 3. The van der Waals surface area contributed by atoms with Crippen molar-refractivity contribution in [2.45, 2.75) is 19.4 Å². The first-order valence-corrected chi connectivity index (χ1v) is 3.93. The van der Waals surface area contributed by atoms with Crippen LogP contribution < -0.4 is 10.5 Å². The van der Waals surface area contributed by atoms with Crippen LogP contribution in [0.1, 0.15) is 13.8 Å². The van der Waals surface area contributed by atoms with Gasteiger partial charge in [-0.25, -0.2) is 0 Å². The summed E-state index contributed by atoms with van der Waals surface area (Å²) in [4.78, 5) is 3.94. The average molecular weight is 166 g/mol. The lowest BCUT2D eigenvalue weighted by Gasteiger charge is -2.24. The highest BCUT2D eigenvalue weighted by Gasteiger charge is 2.16. The number of ether oxygens (including phenoxy) is 1. The van der Waals surface area contributed by atoms with E-state index in [1.807, 2.05) is 26.0 Å². The number of nitrogens with zero attached hydrogens (tertiary/aromatic N) is 1. The molecule has 0 aliphatic heterocycles. The van der Waals surface area contributed by atoms with Crippen molar-refractivity contribution in [2.24, 2.45) is 5.73 Å².